The maximum absolute atomic E-state index is 5.71. The number of nitrogens with two attached hydrogens (primary N) is 1. The van der Waals surface area contributed by atoms with Crippen LogP contribution >= 0.6 is 0 Å². The summed E-state index contributed by atoms with van der Waals surface area (Å²) >= 11 is 0. The van der Waals surface area contributed by atoms with E-state index < -0.39 is 0 Å². The minimum Gasteiger partial charge on any atom is -0.495 e. The predicted molar refractivity (Wildman–Crippen MR) is 76.5 cm³/mol. The minimum atomic E-state index is 0.581. The van der Waals surface area contributed by atoms with Crippen LogP contribution in [0.3, 0.4) is 0 Å². The normalized spacial score (nSPS) is 10.5. The molecule has 2 N–H and O–H groups in total. The highest BCUT2D eigenvalue weighted by Gasteiger charge is 2.13. The third-order valence-electron chi connectivity index (χ3n) is 3.00. The summed E-state index contributed by atoms with van der Waals surface area (Å²) in [5.41, 5.74) is 7.95. The van der Waals surface area contributed by atoms with E-state index in [1.165, 1.54) is 5.56 Å². The molecule has 0 bridgehead atoms. The number of anilines is 1. The first-order chi connectivity index (χ1) is 9.24. The van der Waals surface area contributed by atoms with E-state index in [9.17, 15) is 0 Å². The van der Waals surface area contributed by atoms with Gasteiger partial charge in [0.2, 0.25) is 0 Å². The van der Waals surface area contributed by atoms with Gasteiger partial charge >= 0.3 is 0 Å². The molecule has 4 nitrogen and oxygen atoms in total. The number of rotatable bonds is 6. The summed E-state index contributed by atoms with van der Waals surface area (Å²) in [5, 5.41) is 0. The van der Waals surface area contributed by atoms with Gasteiger partial charge in [0.1, 0.15) is 11.5 Å². The van der Waals surface area contributed by atoms with Crippen molar-refractivity contribution in [1.29, 1.82) is 0 Å². The van der Waals surface area contributed by atoms with Crippen molar-refractivity contribution in [3.05, 3.63) is 47.9 Å². The highest BCUT2D eigenvalue weighted by atomic mass is 16.5. The highest BCUT2D eigenvalue weighted by molar-refractivity contribution is 5.60. The minimum absolute atomic E-state index is 0.581. The molecule has 0 aliphatic rings. The van der Waals surface area contributed by atoms with Gasteiger partial charge in [-0.25, -0.2) is 0 Å². The number of methoxy groups -OCH3 is 1. The van der Waals surface area contributed by atoms with E-state index in [1.807, 2.05) is 24.3 Å². The van der Waals surface area contributed by atoms with Gasteiger partial charge < -0.3 is 19.8 Å². The molecule has 0 radical (unpaired) electrons. The van der Waals surface area contributed by atoms with Crippen LogP contribution in [0.1, 0.15) is 11.3 Å². The molecule has 0 amide bonds. The fraction of sp³-hybridized carbons (Fsp3) is 0.333. The first kappa shape index (κ1) is 13.5. The van der Waals surface area contributed by atoms with Gasteiger partial charge in [-0.2, -0.15) is 0 Å². The second kappa shape index (κ2) is 6.29. The number of benzene rings is 1. The smallest absolute Gasteiger partial charge is 0.142 e. The van der Waals surface area contributed by atoms with Crippen molar-refractivity contribution in [2.45, 2.75) is 13.5 Å². The van der Waals surface area contributed by atoms with Gasteiger partial charge in [-0.15, -0.1) is 0 Å². The molecule has 1 heterocycles. The van der Waals surface area contributed by atoms with Crippen molar-refractivity contribution in [1.82, 2.24) is 0 Å². The van der Waals surface area contributed by atoms with Gasteiger partial charge in [-0.05, 0) is 36.8 Å². The van der Waals surface area contributed by atoms with Gasteiger partial charge in [-0.3, -0.25) is 0 Å². The molecule has 2 rings (SSSR count). The molecule has 4 heteroatoms. The van der Waals surface area contributed by atoms with Crippen LogP contribution in [0.2, 0.25) is 0 Å². The second-order valence-electron chi connectivity index (χ2n) is 4.46. The summed E-state index contributed by atoms with van der Waals surface area (Å²) in [4.78, 5) is 2.17. The quantitative estimate of drug-likeness (QED) is 0.867. The van der Waals surface area contributed by atoms with Crippen LogP contribution in [0.5, 0.6) is 5.75 Å². The van der Waals surface area contributed by atoms with E-state index in [4.69, 9.17) is 14.9 Å². The average molecular weight is 260 g/mol. The van der Waals surface area contributed by atoms with E-state index in [2.05, 4.69) is 17.9 Å². The van der Waals surface area contributed by atoms with Crippen LogP contribution in [0, 0.1) is 6.92 Å². The SMILES string of the molecule is COc1ccc(C)cc1N(CCN)Cc1ccco1. The summed E-state index contributed by atoms with van der Waals surface area (Å²) in [6.07, 6.45) is 1.68. The van der Waals surface area contributed by atoms with Crippen LogP contribution in [-0.2, 0) is 6.54 Å². The third-order valence-corrected chi connectivity index (χ3v) is 3.00. The van der Waals surface area contributed by atoms with Crippen LogP contribution in [0.4, 0.5) is 5.69 Å². The number of ether oxygens (including phenoxy) is 1. The molecule has 0 saturated carbocycles. The maximum Gasteiger partial charge on any atom is 0.142 e. The highest BCUT2D eigenvalue weighted by Crippen LogP contribution is 2.30. The molecule has 19 heavy (non-hydrogen) atoms. The first-order valence-electron chi connectivity index (χ1n) is 6.36. The number of nitrogens with zero attached hydrogens (tertiary/aromatic N) is 1. The number of furan rings is 1. The second-order valence-corrected chi connectivity index (χ2v) is 4.46. The molecule has 0 aliphatic carbocycles. The first-order valence-corrected chi connectivity index (χ1v) is 6.36. The fourth-order valence-corrected chi connectivity index (χ4v) is 2.08. The molecule has 0 saturated heterocycles. The molecule has 2 aromatic rings. The van der Waals surface area contributed by atoms with Crippen LogP contribution < -0.4 is 15.4 Å². The lowest BCUT2D eigenvalue weighted by atomic mass is 10.2. The number of hydrogen-bond donors (Lipinski definition) is 1. The van der Waals surface area contributed by atoms with Crippen LogP contribution in [0.15, 0.2) is 41.0 Å². The van der Waals surface area contributed by atoms with E-state index in [0.717, 1.165) is 23.7 Å². The lowest BCUT2D eigenvalue weighted by molar-refractivity contribution is 0.413. The van der Waals surface area contributed by atoms with Gasteiger partial charge in [0, 0.05) is 13.1 Å². The largest absolute Gasteiger partial charge is 0.495 e. The third kappa shape index (κ3) is 3.29. The molecule has 102 valence electrons. The average Bonchev–Trinajstić information content (AvgIpc) is 2.91. The Morgan fingerprint density at radius 1 is 1.32 bits per heavy atom. The summed E-state index contributed by atoms with van der Waals surface area (Å²) in [6, 6.07) is 9.98. The molecule has 1 aromatic heterocycles. The van der Waals surface area contributed by atoms with E-state index in [0.29, 0.717) is 13.1 Å². The molecular weight excluding hydrogens is 240 g/mol. The van der Waals surface area contributed by atoms with Crippen molar-refractivity contribution >= 4 is 5.69 Å². The van der Waals surface area contributed by atoms with Crippen LogP contribution in [0.25, 0.3) is 0 Å². The van der Waals surface area contributed by atoms with Gasteiger partial charge in [0.05, 0.1) is 25.6 Å². The molecule has 0 spiro atoms. The van der Waals surface area contributed by atoms with Crippen molar-refractivity contribution in [2.24, 2.45) is 5.73 Å². The zero-order chi connectivity index (χ0) is 13.7. The van der Waals surface area contributed by atoms with Crippen molar-refractivity contribution in [3.8, 4) is 5.75 Å². The van der Waals surface area contributed by atoms with Crippen LogP contribution in [-0.4, -0.2) is 20.2 Å². The van der Waals surface area contributed by atoms with E-state index >= 15 is 0 Å². The van der Waals surface area contributed by atoms with Crippen molar-refractivity contribution in [2.75, 3.05) is 25.1 Å². The van der Waals surface area contributed by atoms with Gasteiger partial charge in [0.15, 0.2) is 0 Å². The Labute approximate surface area is 113 Å². The zero-order valence-electron chi connectivity index (χ0n) is 11.4. The Bertz CT molecular complexity index is 509. The maximum atomic E-state index is 5.71. The lowest BCUT2D eigenvalue weighted by Gasteiger charge is -2.25. The topological polar surface area (TPSA) is 51.6 Å². The molecule has 0 unspecified atom stereocenters. The Balaban J connectivity index is 2.29. The molecule has 0 atom stereocenters. The van der Waals surface area contributed by atoms with Crippen molar-refractivity contribution < 1.29 is 9.15 Å². The number of hydrogen-bond acceptors (Lipinski definition) is 4. The van der Waals surface area contributed by atoms with Gasteiger partial charge in [-0.1, -0.05) is 6.07 Å². The molecule has 0 fully saturated rings. The van der Waals surface area contributed by atoms with E-state index in [-0.39, 0.29) is 0 Å². The van der Waals surface area contributed by atoms with E-state index in [1.54, 1.807) is 13.4 Å². The Morgan fingerprint density at radius 2 is 2.16 bits per heavy atom. The summed E-state index contributed by atoms with van der Waals surface area (Å²) in [7, 11) is 1.68. The summed E-state index contributed by atoms with van der Waals surface area (Å²) in [5.74, 6) is 1.77. The Morgan fingerprint density at radius 3 is 2.79 bits per heavy atom. The Kier molecular flexibility index (Phi) is 4.47. The van der Waals surface area contributed by atoms with Gasteiger partial charge in [0.25, 0.3) is 0 Å². The molecular formula is C15H20N2O2. The Hall–Kier alpha value is -1.94. The predicted octanol–water partition coefficient (Wildman–Crippen LogP) is 2.56. The summed E-state index contributed by atoms with van der Waals surface area (Å²) in [6.45, 7) is 4.08. The monoisotopic (exact) mass is 260 g/mol. The summed E-state index contributed by atoms with van der Waals surface area (Å²) < 4.78 is 10.8. The fourth-order valence-electron chi connectivity index (χ4n) is 2.08. The lowest BCUT2D eigenvalue weighted by Crippen LogP contribution is -2.29. The zero-order valence-corrected chi connectivity index (χ0v) is 11.4. The molecule has 1 aromatic carbocycles. The number of aryl methyl sites for hydroxylation is 1. The van der Waals surface area contributed by atoms with Crippen molar-refractivity contribution in [3.63, 3.8) is 0 Å². The molecule has 0 aliphatic heterocycles. The standard InChI is InChI=1S/C15H20N2O2/c1-12-5-6-15(18-2)14(10-12)17(8-7-16)11-13-4-3-9-19-13/h3-6,9-10H,7-8,11,16H2,1-2H3.